The van der Waals surface area contributed by atoms with Crippen LogP contribution in [0.15, 0.2) is 47.5 Å². The molecule has 1 aliphatic rings. The normalized spacial score (nSPS) is 20.6. The highest BCUT2D eigenvalue weighted by molar-refractivity contribution is 6.42. The van der Waals surface area contributed by atoms with Crippen molar-refractivity contribution < 1.29 is 4.74 Å². The number of hydrogen-bond donors (Lipinski definition) is 2. The first-order valence-corrected chi connectivity index (χ1v) is 8.01. The van der Waals surface area contributed by atoms with Gasteiger partial charge in [0.25, 0.3) is 0 Å². The molecule has 2 aromatic rings. The van der Waals surface area contributed by atoms with E-state index in [4.69, 9.17) is 33.7 Å². The molecule has 1 aliphatic heterocycles. The van der Waals surface area contributed by atoms with Crippen LogP contribution in [0.2, 0.25) is 10.0 Å². The van der Waals surface area contributed by atoms with Gasteiger partial charge < -0.3 is 15.8 Å². The van der Waals surface area contributed by atoms with E-state index in [1.165, 1.54) is 0 Å². The van der Waals surface area contributed by atoms with Crippen molar-refractivity contribution in [3.63, 3.8) is 0 Å². The van der Waals surface area contributed by atoms with Crippen molar-refractivity contribution in [1.29, 1.82) is 0 Å². The Balaban J connectivity index is 1.89. The first kappa shape index (κ1) is 16.0. The first-order valence-electron chi connectivity index (χ1n) is 7.25. The van der Waals surface area contributed by atoms with Crippen molar-refractivity contribution in [2.45, 2.75) is 18.5 Å². The summed E-state index contributed by atoms with van der Waals surface area (Å²) in [6.45, 7) is 0. The summed E-state index contributed by atoms with van der Waals surface area (Å²) in [4.78, 5) is 4.51. The Morgan fingerprint density at radius 2 is 1.96 bits per heavy atom. The molecule has 0 radical (unpaired) electrons. The number of halogens is 2. The Labute approximate surface area is 145 Å². The van der Waals surface area contributed by atoms with Crippen LogP contribution in [-0.4, -0.2) is 13.1 Å². The van der Waals surface area contributed by atoms with Gasteiger partial charge in [0.05, 0.1) is 29.2 Å². The van der Waals surface area contributed by atoms with E-state index in [-0.39, 0.29) is 12.1 Å². The van der Waals surface area contributed by atoms with E-state index < -0.39 is 0 Å². The lowest BCUT2D eigenvalue weighted by atomic mass is 9.94. The summed E-state index contributed by atoms with van der Waals surface area (Å²) >= 11 is 12.1. The van der Waals surface area contributed by atoms with Gasteiger partial charge in [-0.2, -0.15) is 0 Å². The van der Waals surface area contributed by atoms with E-state index in [9.17, 15) is 0 Å². The molecule has 120 valence electrons. The van der Waals surface area contributed by atoms with Crippen LogP contribution in [0.5, 0.6) is 5.75 Å². The molecule has 0 amide bonds. The summed E-state index contributed by atoms with van der Waals surface area (Å²) in [5, 5.41) is 4.27. The van der Waals surface area contributed by atoms with Crippen LogP contribution in [0.1, 0.15) is 29.6 Å². The molecule has 0 aromatic heterocycles. The lowest BCUT2D eigenvalue weighted by molar-refractivity contribution is 0.412. The minimum atomic E-state index is -0.0363. The Kier molecular flexibility index (Phi) is 4.64. The molecule has 2 aromatic carbocycles. The fourth-order valence-electron chi connectivity index (χ4n) is 2.73. The molecule has 2 unspecified atom stereocenters. The average molecular weight is 350 g/mol. The quantitative estimate of drug-likeness (QED) is 0.877. The van der Waals surface area contributed by atoms with Gasteiger partial charge in [-0.1, -0.05) is 41.4 Å². The number of nitrogens with one attached hydrogen (secondary N) is 1. The van der Waals surface area contributed by atoms with Gasteiger partial charge in [-0.05, 0) is 41.8 Å². The Bertz CT molecular complexity index is 748. The predicted molar refractivity (Wildman–Crippen MR) is 94.3 cm³/mol. The molecular formula is C17H17Cl2N3O. The zero-order chi connectivity index (χ0) is 16.4. The van der Waals surface area contributed by atoms with Crippen molar-refractivity contribution in [2.24, 2.45) is 10.7 Å². The monoisotopic (exact) mass is 349 g/mol. The number of benzene rings is 2. The van der Waals surface area contributed by atoms with Crippen LogP contribution in [0.4, 0.5) is 0 Å². The highest BCUT2D eigenvalue weighted by atomic mass is 35.5. The second-order valence-corrected chi connectivity index (χ2v) is 6.23. The van der Waals surface area contributed by atoms with Gasteiger partial charge in [-0.3, -0.25) is 0 Å². The van der Waals surface area contributed by atoms with Crippen LogP contribution >= 0.6 is 23.2 Å². The van der Waals surface area contributed by atoms with Crippen LogP contribution in [0.3, 0.4) is 0 Å². The van der Waals surface area contributed by atoms with Gasteiger partial charge in [-0.15, -0.1) is 0 Å². The number of hydrogen-bond acceptors (Lipinski definition) is 4. The molecule has 4 nitrogen and oxygen atoms in total. The van der Waals surface area contributed by atoms with Crippen LogP contribution in [-0.2, 0) is 0 Å². The molecule has 3 rings (SSSR count). The molecule has 0 bridgehead atoms. The molecule has 0 saturated carbocycles. The number of methoxy groups -OCH3 is 1. The zero-order valence-electron chi connectivity index (χ0n) is 12.6. The van der Waals surface area contributed by atoms with E-state index in [1.54, 1.807) is 13.2 Å². The topological polar surface area (TPSA) is 59.6 Å². The Morgan fingerprint density at radius 3 is 2.70 bits per heavy atom. The third kappa shape index (κ3) is 3.54. The fraction of sp³-hybridized carbons (Fsp3) is 0.235. The number of ether oxygens (including phenoxy) is 1. The molecule has 23 heavy (non-hydrogen) atoms. The van der Waals surface area contributed by atoms with Gasteiger partial charge in [0.2, 0.25) is 0 Å². The van der Waals surface area contributed by atoms with Crippen LogP contribution in [0, 0.1) is 0 Å². The van der Waals surface area contributed by atoms with Crippen LogP contribution in [0.25, 0.3) is 0 Å². The van der Waals surface area contributed by atoms with Gasteiger partial charge in [-0.25, -0.2) is 4.99 Å². The highest BCUT2D eigenvalue weighted by Gasteiger charge is 2.25. The predicted octanol–water partition coefficient (Wildman–Crippen LogP) is 4.09. The number of nitrogens with zero attached hydrogens (tertiary/aromatic N) is 1. The molecule has 0 aliphatic carbocycles. The molecule has 0 spiro atoms. The summed E-state index contributed by atoms with van der Waals surface area (Å²) < 4.78 is 5.29. The number of guanidine groups is 1. The molecular weight excluding hydrogens is 333 g/mol. The van der Waals surface area contributed by atoms with E-state index in [0.717, 1.165) is 23.3 Å². The second kappa shape index (κ2) is 6.69. The Hall–Kier alpha value is -1.91. The molecule has 3 N–H and O–H groups in total. The highest BCUT2D eigenvalue weighted by Crippen LogP contribution is 2.35. The maximum Gasteiger partial charge on any atom is 0.189 e. The van der Waals surface area contributed by atoms with E-state index in [0.29, 0.717) is 16.0 Å². The third-order valence-electron chi connectivity index (χ3n) is 3.90. The minimum Gasteiger partial charge on any atom is -0.497 e. The summed E-state index contributed by atoms with van der Waals surface area (Å²) in [7, 11) is 1.65. The molecule has 0 saturated heterocycles. The lowest BCUT2D eigenvalue weighted by Gasteiger charge is -2.29. The van der Waals surface area contributed by atoms with E-state index in [1.807, 2.05) is 36.4 Å². The number of aliphatic imine (C=N–C) groups is 1. The minimum absolute atomic E-state index is 0.0264. The van der Waals surface area contributed by atoms with E-state index in [2.05, 4.69) is 10.3 Å². The van der Waals surface area contributed by atoms with Crippen molar-refractivity contribution >= 4 is 29.2 Å². The maximum atomic E-state index is 6.12. The SMILES string of the molecule is COc1cccc(C2CC(c3ccc(Cl)c(Cl)c3)NC(N)=N2)c1. The largest absolute Gasteiger partial charge is 0.497 e. The standard InChI is InChI=1S/C17H17Cl2N3O/c1-23-12-4-2-3-10(7-12)15-9-16(22-17(20)21-15)11-5-6-13(18)14(19)8-11/h2-8,15-16H,9H2,1H3,(H3,20,21,22). The van der Waals surface area contributed by atoms with E-state index >= 15 is 0 Å². The van der Waals surface area contributed by atoms with Crippen LogP contribution < -0.4 is 15.8 Å². The molecule has 0 fully saturated rings. The summed E-state index contributed by atoms with van der Waals surface area (Å²) in [6.07, 6.45) is 0.770. The van der Waals surface area contributed by atoms with Crippen molar-refractivity contribution in [2.75, 3.05) is 7.11 Å². The van der Waals surface area contributed by atoms with Crippen molar-refractivity contribution in [3.05, 3.63) is 63.6 Å². The van der Waals surface area contributed by atoms with Crippen molar-refractivity contribution in [3.8, 4) is 5.75 Å². The Morgan fingerprint density at radius 1 is 1.13 bits per heavy atom. The fourth-order valence-corrected chi connectivity index (χ4v) is 3.03. The van der Waals surface area contributed by atoms with Gasteiger partial charge >= 0.3 is 0 Å². The van der Waals surface area contributed by atoms with Gasteiger partial charge in [0, 0.05) is 0 Å². The smallest absolute Gasteiger partial charge is 0.189 e. The molecule has 6 heteroatoms. The molecule has 2 atom stereocenters. The zero-order valence-corrected chi connectivity index (χ0v) is 14.1. The second-order valence-electron chi connectivity index (χ2n) is 5.41. The average Bonchev–Trinajstić information content (AvgIpc) is 2.57. The number of rotatable bonds is 3. The third-order valence-corrected chi connectivity index (χ3v) is 4.64. The summed E-state index contributed by atoms with van der Waals surface area (Å²) in [6, 6.07) is 13.5. The summed E-state index contributed by atoms with van der Waals surface area (Å²) in [5.74, 6) is 1.22. The van der Waals surface area contributed by atoms with Gasteiger partial charge in [0.15, 0.2) is 5.96 Å². The van der Waals surface area contributed by atoms with Gasteiger partial charge in [0.1, 0.15) is 5.75 Å². The first-order chi connectivity index (χ1) is 11.1. The maximum absolute atomic E-state index is 6.12. The van der Waals surface area contributed by atoms with Crippen molar-refractivity contribution in [1.82, 2.24) is 5.32 Å². The summed E-state index contributed by atoms with van der Waals surface area (Å²) in [5.41, 5.74) is 8.08. The number of nitrogens with two attached hydrogens (primary N) is 1. The molecule has 1 heterocycles. The lowest BCUT2D eigenvalue weighted by Crippen LogP contribution is -2.39.